The van der Waals surface area contributed by atoms with Crippen molar-refractivity contribution in [2.45, 2.75) is 173 Å². The van der Waals surface area contributed by atoms with Crippen molar-refractivity contribution in [1.82, 2.24) is 0 Å². The van der Waals surface area contributed by atoms with Gasteiger partial charge in [-0.25, -0.2) is 0 Å². The SMILES string of the molecule is CCCCCCCCCCCCCCCCCCCCCCCC(=O)OC[C@@H](O)[C@H]1OC[C@@H](O)[C@H]1O. The number of esters is 1. The van der Waals surface area contributed by atoms with Crippen molar-refractivity contribution in [2.75, 3.05) is 13.2 Å². The first-order valence-electron chi connectivity index (χ1n) is 15.4. The molecular weight excluding hydrogens is 456 g/mol. The first-order valence-corrected chi connectivity index (χ1v) is 15.4. The van der Waals surface area contributed by atoms with Crippen molar-refractivity contribution < 1.29 is 29.6 Å². The highest BCUT2D eigenvalue weighted by Crippen LogP contribution is 2.18. The van der Waals surface area contributed by atoms with Gasteiger partial charge in [0.25, 0.3) is 0 Å². The van der Waals surface area contributed by atoms with Crippen LogP contribution in [0.4, 0.5) is 0 Å². The first kappa shape index (κ1) is 33.3. The minimum absolute atomic E-state index is 0.0176. The van der Waals surface area contributed by atoms with Crippen molar-refractivity contribution >= 4 is 5.97 Å². The van der Waals surface area contributed by atoms with Crippen LogP contribution in [0.5, 0.6) is 0 Å². The lowest BCUT2D eigenvalue weighted by molar-refractivity contribution is -0.151. The Kier molecular flexibility index (Phi) is 21.7. The maximum Gasteiger partial charge on any atom is 0.305 e. The zero-order chi connectivity index (χ0) is 26.3. The van der Waals surface area contributed by atoms with Crippen LogP contribution in [0.1, 0.15) is 148 Å². The molecule has 1 aliphatic rings. The molecule has 6 heteroatoms. The van der Waals surface area contributed by atoms with Crippen molar-refractivity contribution in [1.29, 1.82) is 0 Å². The van der Waals surface area contributed by atoms with Gasteiger partial charge < -0.3 is 24.8 Å². The number of hydrogen-bond acceptors (Lipinski definition) is 6. The number of rotatable bonds is 25. The molecule has 0 aliphatic carbocycles. The Morgan fingerprint density at radius 1 is 0.722 bits per heavy atom. The average molecular weight is 515 g/mol. The molecule has 0 aromatic heterocycles. The van der Waals surface area contributed by atoms with Crippen LogP contribution >= 0.6 is 0 Å². The van der Waals surface area contributed by atoms with Gasteiger partial charge in [-0.05, 0) is 6.42 Å². The summed E-state index contributed by atoms with van der Waals surface area (Å²) in [5.74, 6) is -0.333. The van der Waals surface area contributed by atoms with E-state index in [9.17, 15) is 20.1 Å². The quantitative estimate of drug-likeness (QED) is 0.0936. The minimum Gasteiger partial charge on any atom is -0.463 e. The lowest BCUT2D eigenvalue weighted by atomic mass is 10.0. The Morgan fingerprint density at radius 2 is 1.11 bits per heavy atom. The molecule has 0 saturated carbocycles. The topological polar surface area (TPSA) is 96.2 Å². The minimum atomic E-state index is -1.15. The lowest BCUT2D eigenvalue weighted by Gasteiger charge is -2.20. The molecule has 1 rings (SSSR count). The molecule has 0 spiro atoms. The number of carbonyl (C=O) groups is 1. The Labute approximate surface area is 221 Å². The van der Waals surface area contributed by atoms with Crippen molar-refractivity contribution in [3.05, 3.63) is 0 Å². The summed E-state index contributed by atoms with van der Waals surface area (Å²) in [6, 6.07) is 0. The molecule has 6 nitrogen and oxygen atoms in total. The summed E-state index contributed by atoms with van der Waals surface area (Å²) in [6.07, 6.45) is 24.1. The fourth-order valence-corrected chi connectivity index (χ4v) is 5.01. The summed E-state index contributed by atoms with van der Waals surface area (Å²) >= 11 is 0. The maximum atomic E-state index is 11.8. The van der Waals surface area contributed by atoms with Crippen LogP contribution in [0, 0.1) is 0 Å². The van der Waals surface area contributed by atoms with E-state index in [-0.39, 0.29) is 19.2 Å². The van der Waals surface area contributed by atoms with Gasteiger partial charge in [-0.2, -0.15) is 0 Å². The average Bonchev–Trinajstić information content (AvgIpc) is 3.21. The van der Waals surface area contributed by atoms with Crippen LogP contribution < -0.4 is 0 Å². The van der Waals surface area contributed by atoms with E-state index in [1.807, 2.05) is 0 Å². The van der Waals surface area contributed by atoms with Gasteiger partial charge in [-0.3, -0.25) is 4.79 Å². The second-order valence-electron chi connectivity index (χ2n) is 10.9. The van der Waals surface area contributed by atoms with E-state index in [1.54, 1.807) is 0 Å². The smallest absolute Gasteiger partial charge is 0.305 e. The molecule has 0 aromatic rings. The fourth-order valence-electron chi connectivity index (χ4n) is 5.01. The molecular formula is C30H58O6. The highest BCUT2D eigenvalue weighted by Gasteiger charge is 2.39. The van der Waals surface area contributed by atoms with Gasteiger partial charge in [-0.15, -0.1) is 0 Å². The molecule has 1 fully saturated rings. The van der Waals surface area contributed by atoms with E-state index < -0.39 is 24.4 Å². The van der Waals surface area contributed by atoms with Crippen molar-refractivity contribution in [3.63, 3.8) is 0 Å². The highest BCUT2D eigenvalue weighted by molar-refractivity contribution is 5.69. The van der Waals surface area contributed by atoms with Crippen LogP contribution in [0.25, 0.3) is 0 Å². The van der Waals surface area contributed by atoms with Crippen LogP contribution in [0.3, 0.4) is 0 Å². The highest BCUT2D eigenvalue weighted by atomic mass is 16.6. The maximum absolute atomic E-state index is 11.8. The molecule has 0 amide bonds. The molecule has 1 aliphatic heterocycles. The Balaban J connectivity index is 1.75. The molecule has 0 aromatic carbocycles. The molecule has 214 valence electrons. The van der Waals surface area contributed by atoms with E-state index in [2.05, 4.69) is 6.92 Å². The zero-order valence-corrected chi connectivity index (χ0v) is 23.3. The molecule has 1 saturated heterocycles. The normalized spacial score (nSPS) is 20.6. The van der Waals surface area contributed by atoms with Crippen LogP contribution in [0.2, 0.25) is 0 Å². The molecule has 0 bridgehead atoms. The number of hydrogen-bond donors (Lipinski definition) is 3. The lowest BCUT2D eigenvalue weighted by Crippen LogP contribution is -2.41. The second-order valence-corrected chi connectivity index (χ2v) is 10.9. The van der Waals surface area contributed by atoms with Gasteiger partial charge in [0.15, 0.2) is 0 Å². The van der Waals surface area contributed by atoms with Gasteiger partial charge in [0, 0.05) is 6.42 Å². The van der Waals surface area contributed by atoms with E-state index in [1.165, 1.54) is 116 Å². The summed E-state index contributed by atoms with van der Waals surface area (Å²) in [7, 11) is 0. The van der Waals surface area contributed by atoms with E-state index in [0.717, 1.165) is 19.3 Å². The molecule has 36 heavy (non-hydrogen) atoms. The van der Waals surface area contributed by atoms with Gasteiger partial charge in [0.05, 0.1) is 6.61 Å². The molecule has 0 unspecified atom stereocenters. The Hall–Kier alpha value is -0.690. The predicted octanol–water partition coefficient (Wildman–Crippen LogP) is 6.61. The third-order valence-electron chi connectivity index (χ3n) is 7.47. The van der Waals surface area contributed by atoms with E-state index >= 15 is 0 Å². The number of aliphatic hydroxyl groups is 3. The van der Waals surface area contributed by atoms with Crippen molar-refractivity contribution in [3.8, 4) is 0 Å². The van der Waals surface area contributed by atoms with Gasteiger partial charge in [-0.1, -0.05) is 135 Å². The van der Waals surface area contributed by atoms with E-state index in [0.29, 0.717) is 6.42 Å². The molecule has 4 atom stereocenters. The molecule has 1 heterocycles. The third kappa shape index (κ3) is 17.7. The van der Waals surface area contributed by atoms with E-state index in [4.69, 9.17) is 9.47 Å². The number of unbranched alkanes of at least 4 members (excludes halogenated alkanes) is 20. The summed E-state index contributed by atoms with van der Waals surface area (Å²) in [6.45, 7) is 2.05. The number of carbonyl (C=O) groups excluding carboxylic acids is 1. The largest absolute Gasteiger partial charge is 0.463 e. The molecule has 3 N–H and O–H groups in total. The van der Waals surface area contributed by atoms with Gasteiger partial charge in [0.1, 0.15) is 31.0 Å². The monoisotopic (exact) mass is 514 g/mol. The van der Waals surface area contributed by atoms with Crippen LogP contribution in [0.15, 0.2) is 0 Å². The second kappa shape index (κ2) is 23.4. The molecule has 0 radical (unpaired) electrons. The number of ether oxygens (including phenoxy) is 2. The van der Waals surface area contributed by atoms with Gasteiger partial charge >= 0.3 is 5.97 Å². The summed E-state index contributed by atoms with van der Waals surface area (Å²) in [4.78, 5) is 11.8. The first-order chi connectivity index (χ1) is 17.6. The summed E-state index contributed by atoms with van der Waals surface area (Å²) < 4.78 is 10.2. The Morgan fingerprint density at radius 3 is 1.47 bits per heavy atom. The predicted molar refractivity (Wildman–Crippen MR) is 146 cm³/mol. The zero-order valence-electron chi connectivity index (χ0n) is 23.3. The third-order valence-corrected chi connectivity index (χ3v) is 7.47. The van der Waals surface area contributed by atoms with Gasteiger partial charge in [0.2, 0.25) is 0 Å². The fraction of sp³-hybridized carbons (Fsp3) is 0.967. The summed E-state index contributed by atoms with van der Waals surface area (Å²) in [5.41, 5.74) is 0. The Bertz CT molecular complexity index is 500. The summed E-state index contributed by atoms with van der Waals surface area (Å²) in [5, 5.41) is 29.1. The van der Waals surface area contributed by atoms with Crippen LogP contribution in [-0.2, 0) is 14.3 Å². The standard InChI is InChI=1S/C30H58O6/c1-2-3-4-5-6-7-8-9-10-11-12-13-14-15-16-17-18-19-20-21-22-23-28(33)35-25-27(32)30-29(34)26(31)24-36-30/h26-27,29-32,34H,2-25H2,1H3/t26-,27-,29-,30-/m1/s1. The van der Waals surface area contributed by atoms with Crippen molar-refractivity contribution in [2.24, 2.45) is 0 Å². The number of aliphatic hydroxyl groups excluding tert-OH is 3. The van der Waals surface area contributed by atoms with Crippen LogP contribution in [-0.4, -0.2) is 58.9 Å².